The standard InChI is InChI=1S/C12H15BrN2O2S/c1-17-11-3-2-9(13)4-8(11)5-14-12(16)10-6-18-7-15-10/h2-4,10,15H,5-7H2,1H3,(H,14,16). The molecule has 0 saturated carbocycles. The fraction of sp³-hybridized carbons (Fsp3) is 0.417. The lowest BCUT2D eigenvalue weighted by Crippen LogP contribution is -2.41. The van der Waals surface area contributed by atoms with Crippen molar-refractivity contribution >= 4 is 33.6 Å². The number of hydrogen-bond acceptors (Lipinski definition) is 4. The van der Waals surface area contributed by atoms with Gasteiger partial charge in [-0.25, -0.2) is 0 Å². The van der Waals surface area contributed by atoms with Crippen molar-refractivity contribution in [1.29, 1.82) is 0 Å². The number of amides is 1. The largest absolute Gasteiger partial charge is 0.496 e. The molecular formula is C12H15BrN2O2S. The molecule has 1 saturated heterocycles. The number of benzene rings is 1. The van der Waals surface area contributed by atoms with Gasteiger partial charge in [-0.2, -0.15) is 0 Å². The number of halogens is 1. The van der Waals surface area contributed by atoms with E-state index in [1.807, 2.05) is 18.2 Å². The topological polar surface area (TPSA) is 50.4 Å². The number of rotatable bonds is 4. The highest BCUT2D eigenvalue weighted by Gasteiger charge is 2.22. The molecule has 18 heavy (non-hydrogen) atoms. The van der Waals surface area contributed by atoms with Gasteiger partial charge in [0.25, 0.3) is 0 Å². The van der Waals surface area contributed by atoms with Gasteiger partial charge in [-0.15, -0.1) is 11.8 Å². The first kappa shape index (κ1) is 13.7. The lowest BCUT2D eigenvalue weighted by Gasteiger charge is -2.13. The zero-order valence-electron chi connectivity index (χ0n) is 10.0. The summed E-state index contributed by atoms with van der Waals surface area (Å²) in [4.78, 5) is 11.9. The average molecular weight is 331 g/mol. The van der Waals surface area contributed by atoms with Crippen LogP contribution in [0.2, 0.25) is 0 Å². The van der Waals surface area contributed by atoms with Crippen molar-refractivity contribution < 1.29 is 9.53 Å². The van der Waals surface area contributed by atoms with Crippen molar-refractivity contribution in [2.45, 2.75) is 12.6 Å². The molecule has 0 aromatic heterocycles. The van der Waals surface area contributed by atoms with E-state index in [0.29, 0.717) is 6.54 Å². The molecule has 0 spiro atoms. The summed E-state index contributed by atoms with van der Waals surface area (Å²) in [6.07, 6.45) is 0. The lowest BCUT2D eigenvalue weighted by molar-refractivity contribution is -0.122. The van der Waals surface area contributed by atoms with E-state index < -0.39 is 0 Å². The maximum Gasteiger partial charge on any atom is 0.238 e. The maximum atomic E-state index is 11.9. The van der Waals surface area contributed by atoms with E-state index in [9.17, 15) is 4.79 Å². The Morgan fingerprint density at radius 2 is 2.50 bits per heavy atom. The first-order chi connectivity index (χ1) is 8.70. The molecule has 1 aromatic rings. The normalized spacial score (nSPS) is 18.7. The second-order valence-corrected chi connectivity index (χ2v) is 5.89. The van der Waals surface area contributed by atoms with Crippen LogP contribution >= 0.6 is 27.7 Å². The van der Waals surface area contributed by atoms with Crippen LogP contribution in [0.3, 0.4) is 0 Å². The fourth-order valence-corrected chi connectivity index (χ4v) is 3.10. The molecule has 6 heteroatoms. The van der Waals surface area contributed by atoms with Crippen LogP contribution in [0.5, 0.6) is 5.75 Å². The van der Waals surface area contributed by atoms with Crippen molar-refractivity contribution in [3.63, 3.8) is 0 Å². The minimum atomic E-state index is -0.0758. The van der Waals surface area contributed by atoms with Gasteiger partial charge in [-0.1, -0.05) is 15.9 Å². The summed E-state index contributed by atoms with van der Waals surface area (Å²) in [7, 11) is 1.63. The van der Waals surface area contributed by atoms with Crippen LogP contribution in [0, 0.1) is 0 Å². The Hall–Kier alpha value is -0.720. The average Bonchev–Trinajstić information content (AvgIpc) is 2.90. The Morgan fingerprint density at radius 3 is 3.17 bits per heavy atom. The summed E-state index contributed by atoms with van der Waals surface area (Å²) in [5, 5.41) is 6.07. The van der Waals surface area contributed by atoms with Gasteiger partial charge in [-0.05, 0) is 18.2 Å². The van der Waals surface area contributed by atoms with E-state index >= 15 is 0 Å². The van der Waals surface area contributed by atoms with Crippen molar-refractivity contribution in [3.8, 4) is 5.75 Å². The van der Waals surface area contributed by atoms with Gasteiger partial charge < -0.3 is 10.1 Å². The molecule has 4 nitrogen and oxygen atoms in total. The molecule has 2 N–H and O–H groups in total. The Bertz CT molecular complexity index is 436. The van der Waals surface area contributed by atoms with Crippen molar-refractivity contribution in [2.24, 2.45) is 0 Å². The predicted molar refractivity (Wildman–Crippen MR) is 76.8 cm³/mol. The summed E-state index contributed by atoms with van der Waals surface area (Å²) in [5.41, 5.74) is 0.964. The van der Waals surface area contributed by atoms with E-state index in [-0.39, 0.29) is 11.9 Å². The lowest BCUT2D eigenvalue weighted by atomic mass is 10.2. The molecule has 1 heterocycles. The molecule has 1 fully saturated rings. The second-order valence-electron chi connectivity index (χ2n) is 3.95. The number of carbonyl (C=O) groups excluding carboxylic acids is 1. The molecule has 2 rings (SSSR count). The molecule has 1 aromatic carbocycles. The minimum Gasteiger partial charge on any atom is -0.496 e. The molecule has 0 radical (unpaired) electrons. The Labute approximate surface area is 119 Å². The number of hydrogen-bond donors (Lipinski definition) is 2. The highest BCUT2D eigenvalue weighted by atomic mass is 79.9. The Balaban J connectivity index is 1.96. The van der Waals surface area contributed by atoms with Crippen LogP contribution in [0.4, 0.5) is 0 Å². The van der Waals surface area contributed by atoms with Crippen LogP contribution in [-0.4, -0.2) is 30.7 Å². The highest BCUT2D eigenvalue weighted by Crippen LogP contribution is 2.22. The third-order valence-corrected chi connectivity index (χ3v) is 4.16. The van der Waals surface area contributed by atoms with E-state index in [4.69, 9.17) is 4.74 Å². The van der Waals surface area contributed by atoms with Crippen LogP contribution in [-0.2, 0) is 11.3 Å². The summed E-state index contributed by atoms with van der Waals surface area (Å²) >= 11 is 5.15. The first-order valence-electron chi connectivity index (χ1n) is 5.62. The number of ether oxygens (including phenoxy) is 1. The third-order valence-electron chi connectivity index (χ3n) is 2.73. The van der Waals surface area contributed by atoms with Crippen LogP contribution in [0.1, 0.15) is 5.56 Å². The molecule has 1 amide bonds. The SMILES string of the molecule is COc1ccc(Br)cc1CNC(=O)C1CSCN1. The summed E-state index contributed by atoms with van der Waals surface area (Å²) in [6.45, 7) is 0.476. The van der Waals surface area contributed by atoms with Crippen LogP contribution in [0.25, 0.3) is 0 Å². The van der Waals surface area contributed by atoms with E-state index in [1.165, 1.54) is 0 Å². The molecular weight excluding hydrogens is 316 g/mol. The third kappa shape index (κ3) is 3.40. The number of nitrogens with one attached hydrogen (secondary N) is 2. The summed E-state index contributed by atoms with van der Waals surface area (Å²) < 4.78 is 6.24. The smallest absolute Gasteiger partial charge is 0.238 e. The van der Waals surface area contributed by atoms with Gasteiger partial charge in [0, 0.05) is 28.2 Å². The molecule has 1 atom stereocenters. The Kier molecular flexibility index (Phi) is 4.91. The summed E-state index contributed by atoms with van der Waals surface area (Å²) in [5.74, 6) is 2.51. The zero-order valence-corrected chi connectivity index (χ0v) is 12.4. The number of carbonyl (C=O) groups is 1. The highest BCUT2D eigenvalue weighted by molar-refractivity contribution is 9.10. The molecule has 1 aliphatic heterocycles. The molecule has 0 aliphatic carbocycles. The molecule has 0 bridgehead atoms. The molecule has 1 unspecified atom stereocenters. The first-order valence-corrected chi connectivity index (χ1v) is 7.56. The second kappa shape index (κ2) is 6.45. The van der Waals surface area contributed by atoms with Crippen LogP contribution in [0.15, 0.2) is 22.7 Å². The van der Waals surface area contributed by atoms with Gasteiger partial charge >= 0.3 is 0 Å². The fourth-order valence-electron chi connectivity index (χ4n) is 1.75. The number of methoxy groups -OCH3 is 1. The van der Waals surface area contributed by atoms with E-state index in [1.54, 1.807) is 18.9 Å². The zero-order chi connectivity index (χ0) is 13.0. The van der Waals surface area contributed by atoms with Gasteiger partial charge in [0.15, 0.2) is 0 Å². The van der Waals surface area contributed by atoms with Crippen molar-refractivity contribution in [2.75, 3.05) is 18.7 Å². The number of thioether (sulfide) groups is 1. The van der Waals surface area contributed by atoms with Crippen molar-refractivity contribution in [3.05, 3.63) is 28.2 Å². The van der Waals surface area contributed by atoms with E-state index in [2.05, 4.69) is 26.6 Å². The van der Waals surface area contributed by atoms with Crippen LogP contribution < -0.4 is 15.4 Å². The predicted octanol–water partition coefficient (Wildman–Crippen LogP) is 1.74. The van der Waals surface area contributed by atoms with Gasteiger partial charge in [0.1, 0.15) is 5.75 Å². The molecule has 1 aliphatic rings. The Morgan fingerprint density at radius 1 is 1.67 bits per heavy atom. The van der Waals surface area contributed by atoms with Gasteiger partial charge in [0.2, 0.25) is 5.91 Å². The van der Waals surface area contributed by atoms with Gasteiger partial charge in [-0.3, -0.25) is 10.1 Å². The van der Waals surface area contributed by atoms with E-state index in [0.717, 1.165) is 27.4 Å². The maximum absolute atomic E-state index is 11.9. The quantitative estimate of drug-likeness (QED) is 0.882. The monoisotopic (exact) mass is 330 g/mol. The van der Waals surface area contributed by atoms with Gasteiger partial charge in [0.05, 0.1) is 13.2 Å². The minimum absolute atomic E-state index is 0.0435. The van der Waals surface area contributed by atoms with Crippen molar-refractivity contribution in [1.82, 2.24) is 10.6 Å². The molecule has 98 valence electrons. The summed E-state index contributed by atoms with van der Waals surface area (Å²) in [6, 6.07) is 5.68.